The highest BCUT2D eigenvalue weighted by molar-refractivity contribution is 5.95. The standard InChI is InChI=1S/C20H20F3NO2/c1-2-3-15(14-5-7-16(8-6-14)20(21,22)23)10-13-4-9-18-17(11-13)24-19(25)12-26-18/h4-9,11,15H,2-3,10,12H2,1H3,(H,24,25). The number of nitrogens with one attached hydrogen (secondary N) is 1. The fourth-order valence-electron chi connectivity index (χ4n) is 3.22. The lowest BCUT2D eigenvalue weighted by Crippen LogP contribution is -2.25. The van der Waals surface area contributed by atoms with Gasteiger partial charge in [-0.3, -0.25) is 4.79 Å². The summed E-state index contributed by atoms with van der Waals surface area (Å²) in [5.41, 5.74) is 1.90. The predicted octanol–water partition coefficient (Wildman–Crippen LogP) is 5.16. The Kier molecular flexibility index (Phi) is 5.20. The van der Waals surface area contributed by atoms with E-state index in [1.54, 1.807) is 12.1 Å². The van der Waals surface area contributed by atoms with Crippen LogP contribution in [0.15, 0.2) is 42.5 Å². The third-order valence-corrected chi connectivity index (χ3v) is 4.51. The van der Waals surface area contributed by atoms with E-state index in [2.05, 4.69) is 12.2 Å². The van der Waals surface area contributed by atoms with Crippen molar-refractivity contribution in [1.82, 2.24) is 0 Å². The number of ether oxygens (including phenoxy) is 1. The summed E-state index contributed by atoms with van der Waals surface area (Å²) in [4.78, 5) is 11.5. The minimum absolute atomic E-state index is 0.0103. The SMILES string of the molecule is CCCC(Cc1ccc2c(c1)NC(=O)CO2)c1ccc(C(F)(F)F)cc1. The van der Waals surface area contributed by atoms with E-state index in [1.165, 1.54) is 0 Å². The summed E-state index contributed by atoms with van der Waals surface area (Å²) in [7, 11) is 0. The number of fused-ring (bicyclic) bond motifs is 1. The molecule has 0 fully saturated rings. The lowest BCUT2D eigenvalue weighted by Gasteiger charge is -2.21. The van der Waals surface area contributed by atoms with Gasteiger partial charge in [-0.25, -0.2) is 0 Å². The molecule has 0 saturated carbocycles. The van der Waals surface area contributed by atoms with Gasteiger partial charge in [-0.15, -0.1) is 0 Å². The Hall–Kier alpha value is -2.50. The van der Waals surface area contributed by atoms with Crippen LogP contribution in [0.3, 0.4) is 0 Å². The average molecular weight is 363 g/mol. The van der Waals surface area contributed by atoms with Gasteiger partial charge in [0, 0.05) is 0 Å². The fourth-order valence-corrected chi connectivity index (χ4v) is 3.22. The average Bonchev–Trinajstić information content (AvgIpc) is 2.60. The molecule has 26 heavy (non-hydrogen) atoms. The van der Waals surface area contributed by atoms with E-state index in [1.807, 2.05) is 18.2 Å². The molecule has 1 N–H and O–H groups in total. The molecule has 0 bridgehead atoms. The molecule has 1 aliphatic rings. The summed E-state index contributed by atoms with van der Waals surface area (Å²) in [6.45, 7) is 2.06. The molecule has 3 nitrogen and oxygen atoms in total. The Morgan fingerprint density at radius 2 is 1.88 bits per heavy atom. The molecule has 0 saturated heterocycles. The lowest BCUT2D eigenvalue weighted by atomic mass is 9.88. The maximum Gasteiger partial charge on any atom is 0.416 e. The van der Waals surface area contributed by atoms with Crippen molar-refractivity contribution in [3.8, 4) is 5.75 Å². The highest BCUT2D eigenvalue weighted by Gasteiger charge is 2.30. The van der Waals surface area contributed by atoms with Crippen LogP contribution in [0.5, 0.6) is 5.75 Å². The maximum absolute atomic E-state index is 12.8. The molecule has 1 atom stereocenters. The van der Waals surface area contributed by atoms with E-state index in [9.17, 15) is 18.0 Å². The summed E-state index contributed by atoms with van der Waals surface area (Å²) < 4.78 is 43.6. The van der Waals surface area contributed by atoms with Crippen LogP contribution in [0.2, 0.25) is 0 Å². The highest BCUT2D eigenvalue weighted by atomic mass is 19.4. The molecular formula is C20H20F3NO2. The van der Waals surface area contributed by atoms with E-state index in [0.717, 1.165) is 36.1 Å². The van der Waals surface area contributed by atoms with E-state index < -0.39 is 11.7 Å². The van der Waals surface area contributed by atoms with Gasteiger partial charge in [0.2, 0.25) is 0 Å². The van der Waals surface area contributed by atoms with Crippen LogP contribution in [-0.4, -0.2) is 12.5 Å². The second-order valence-electron chi connectivity index (χ2n) is 6.48. The molecule has 0 aromatic heterocycles. The van der Waals surface area contributed by atoms with Crippen molar-refractivity contribution in [2.24, 2.45) is 0 Å². The first kappa shape index (κ1) is 18.3. The van der Waals surface area contributed by atoms with Gasteiger partial charge in [0.05, 0.1) is 11.3 Å². The van der Waals surface area contributed by atoms with Gasteiger partial charge >= 0.3 is 6.18 Å². The van der Waals surface area contributed by atoms with Gasteiger partial charge in [0.1, 0.15) is 5.75 Å². The zero-order chi connectivity index (χ0) is 18.7. The lowest BCUT2D eigenvalue weighted by molar-refractivity contribution is -0.137. The Morgan fingerprint density at radius 1 is 1.15 bits per heavy atom. The van der Waals surface area contributed by atoms with Crippen molar-refractivity contribution < 1.29 is 22.7 Å². The van der Waals surface area contributed by atoms with Gasteiger partial charge in [0.25, 0.3) is 5.91 Å². The first-order valence-electron chi connectivity index (χ1n) is 8.59. The van der Waals surface area contributed by atoms with Gasteiger partial charge < -0.3 is 10.1 Å². The van der Waals surface area contributed by atoms with Crippen LogP contribution < -0.4 is 10.1 Å². The van der Waals surface area contributed by atoms with Crippen molar-refractivity contribution in [3.05, 3.63) is 59.2 Å². The Morgan fingerprint density at radius 3 is 2.54 bits per heavy atom. The number of carbonyl (C=O) groups excluding carboxylic acids is 1. The number of amides is 1. The number of carbonyl (C=O) groups is 1. The molecule has 0 aliphatic carbocycles. The first-order chi connectivity index (χ1) is 12.4. The molecule has 1 heterocycles. The normalized spacial score (nSPS) is 15.0. The van der Waals surface area contributed by atoms with Crippen molar-refractivity contribution in [1.29, 1.82) is 0 Å². The largest absolute Gasteiger partial charge is 0.482 e. The number of alkyl halides is 3. The zero-order valence-electron chi connectivity index (χ0n) is 14.4. The molecular weight excluding hydrogens is 343 g/mol. The summed E-state index contributed by atoms with van der Waals surface area (Å²) in [6.07, 6.45) is -1.85. The van der Waals surface area contributed by atoms with Crippen LogP contribution in [0.1, 0.15) is 42.4 Å². The molecule has 1 amide bonds. The van der Waals surface area contributed by atoms with Crippen LogP contribution in [-0.2, 0) is 17.4 Å². The third kappa shape index (κ3) is 4.18. The highest BCUT2D eigenvalue weighted by Crippen LogP contribution is 2.34. The molecule has 1 unspecified atom stereocenters. The Balaban J connectivity index is 1.80. The van der Waals surface area contributed by atoms with Crippen LogP contribution in [0, 0.1) is 0 Å². The van der Waals surface area contributed by atoms with E-state index in [0.29, 0.717) is 17.9 Å². The second kappa shape index (κ2) is 7.40. The molecule has 138 valence electrons. The molecule has 6 heteroatoms. The molecule has 2 aromatic carbocycles. The summed E-state index contributed by atoms with van der Waals surface area (Å²) in [5, 5.41) is 2.78. The minimum Gasteiger partial charge on any atom is -0.482 e. The number of rotatable bonds is 5. The van der Waals surface area contributed by atoms with Gasteiger partial charge in [-0.2, -0.15) is 13.2 Å². The number of anilines is 1. The van der Waals surface area contributed by atoms with Gasteiger partial charge in [0.15, 0.2) is 6.61 Å². The summed E-state index contributed by atoms with van der Waals surface area (Å²) >= 11 is 0. The van der Waals surface area contributed by atoms with Crippen LogP contribution in [0.4, 0.5) is 18.9 Å². The Bertz CT molecular complexity index is 785. The van der Waals surface area contributed by atoms with Gasteiger partial charge in [-0.05, 0) is 54.2 Å². The smallest absolute Gasteiger partial charge is 0.416 e. The molecule has 0 radical (unpaired) electrons. The van der Waals surface area contributed by atoms with Crippen molar-refractivity contribution >= 4 is 11.6 Å². The second-order valence-corrected chi connectivity index (χ2v) is 6.48. The predicted molar refractivity (Wildman–Crippen MR) is 93.4 cm³/mol. The number of hydrogen-bond acceptors (Lipinski definition) is 2. The summed E-state index contributed by atoms with van der Waals surface area (Å²) in [6, 6.07) is 11.0. The van der Waals surface area contributed by atoms with Crippen molar-refractivity contribution in [2.75, 3.05) is 11.9 Å². The van der Waals surface area contributed by atoms with Gasteiger partial charge in [-0.1, -0.05) is 31.5 Å². The van der Waals surface area contributed by atoms with Crippen molar-refractivity contribution in [3.63, 3.8) is 0 Å². The van der Waals surface area contributed by atoms with E-state index in [4.69, 9.17) is 4.74 Å². The van der Waals surface area contributed by atoms with E-state index in [-0.39, 0.29) is 18.4 Å². The Labute approximate surface area is 150 Å². The third-order valence-electron chi connectivity index (χ3n) is 4.51. The molecule has 1 aliphatic heterocycles. The minimum atomic E-state index is -4.32. The number of halogens is 3. The molecule has 3 rings (SSSR count). The van der Waals surface area contributed by atoms with E-state index >= 15 is 0 Å². The number of benzene rings is 2. The zero-order valence-corrected chi connectivity index (χ0v) is 14.4. The van der Waals surface area contributed by atoms with Crippen LogP contribution >= 0.6 is 0 Å². The van der Waals surface area contributed by atoms with Crippen LogP contribution in [0.25, 0.3) is 0 Å². The number of hydrogen-bond donors (Lipinski definition) is 1. The molecule has 2 aromatic rings. The topological polar surface area (TPSA) is 38.3 Å². The fraction of sp³-hybridized carbons (Fsp3) is 0.350. The first-order valence-corrected chi connectivity index (χ1v) is 8.59. The van der Waals surface area contributed by atoms with Crippen molar-refractivity contribution in [2.45, 2.75) is 38.3 Å². The molecule has 0 spiro atoms. The maximum atomic E-state index is 12.8. The quantitative estimate of drug-likeness (QED) is 0.797. The monoisotopic (exact) mass is 363 g/mol. The summed E-state index contributed by atoms with van der Waals surface area (Å²) in [5.74, 6) is 0.554.